The van der Waals surface area contributed by atoms with Gasteiger partial charge in [0.25, 0.3) is 0 Å². The molecule has 0 unspecified atom stereocenters. The number of aliphatic hydroxyl groups is 1. The Labute approximate surface area is 129 Å². The maximum atomic E-state index is 9.66. The highest BCUT2D eigenvalue weighted by atomic mass is 32.1. The molecule has 0 aromatic carbocycles. The summed E-state index contributed by atoms with van der Waals surface area (Å²) in [6, 6.07) is 3.84. The minimum Gasteiger partial charge on any atom is -0.396 e. The van der Waals surface area contributed by atoms with Crippen molar-refractivity contribution in [2.24, 2.45) is 5.41 Å². The quantitative estimate of drug-likeness (QED) is 0.732. The van der Waals surface area contributed by atoms with Crippen molar-refractivity contribution < 1.29 is 5.11 Å². The van der Waals surface area contributed by atoms with Gasteiger partial charge in [-0.1, -0.05) is 13.8 Å². The summed E-state index contributed by atoms with van der Waals surface area (Å²) < 4.78 is 4.25. The third-order valence-electron chi connectivity index (χ3n) is 4.15. The molecule has 2 heterocycles. The molecular formula is C15H22N4OS. The van der Waals surface area contributed by atoms with Crippen molar-refractivity contribution in [3.63, 3.8) is 0 Å². The number of aliphatic hydroxyl groups excluding tert-OH is 1. The summed E-state index contributed by atoms with van der Waals surface area (Å²) in [5, 5.41) is 14.0. The van der Waals surface area contributed by atoms with E-state index in [9.17, 15) is 5.11 Å². The number of hydrogen-bond donors (Lipinski definition) is 3. The summed E-state index contributed by atoms with van der Waals surface area (Å²) in [6.07, 6.45) is 5.33. The van der Waals surface area contributed by atoms with Crippen LogP contribution in [-0.2, 0) is 0 Å². The maximum Gasteiger partial charge on any atom is 0.147 e. The van der Waals surface area contributed by atoms with Crippen LogP contribution in [0.4, 0.5) is 10.8 Å². The predicted molar refractivity (Wildman–Crippen MR) is 88.3 cm³/mol. The summed E-state index contributed by atoms with van der Waals surface area (Å²) in [5.74, 6) is 0.524. The fourth-order valence-corrected chi connectivity index (χ4v) is 3.00. The topological polar surface area (TPSA) is 84.1 Å². The number of nitrogens with zero attached hydrogens (tertiary/aromatic N) is 2. The molecule has 5 nitrogen and oxygen atoms in total. The Kier molecular flexibility index (Phi) is 5.14. The van der Waals surface area contributed by atoms with Crippen molar-refractivity contribution in [3.05, 3.63) is 24.5 Å². The van der Waals surface area contributed by atoms with Gasteiger partial charge < -0.3 is 16.2 Å². The second-order valence-electron chi connectivity index (χ2n) is 5.23. The first-order valence-electron chi connectivity index (χ1n) is 7.16. The molecule has 0 spiro atoms. The van der Waals surface area contributed by atoms with Crippen LogP contribution in [0.3, 0.4) is 0 Å². The molecule has 2 aromatic rings. The standard InChI is InChI=1S/C15H22N4OS/c1-3-15(4-2,10-20)9-18-14-12(13(16)19-21-14)11-5-7-17-8-6-11/h5-8,18,20H,3-4,9-10H2,1-2H3,(H2,16,19). The fraction of sp³-hybridized carbons (Fsp3) is 0.467. The molecule has 0 atom stereocenters. The first-order valence-corrected chi connectivity index (χ1v) is 7.93. The van der Waals surface area contributed by atoms with E-state index in [1.807, 2.05) is 12.1 Å². The lowest BCUT2D eigenvalue weighted by Gasteiger charge is -2.29. The zero-order valence-corrected chi connectivity index (χ0v) is 13.3. The number of hydrogen-bond acceptors (Lipinski definition) is 6. The highest BCUT2D eigenvalue weighted by Gasteiger charge is 2.26. The van der Waals surface area contributed by atoms with Crippen molar-refractivity contribution in [1.29, 1.82) is 0 Å². The van der Waals surface area contributed by atoms with Crippen molar-refractivity contribution in [3.8, 4) is 11.1 Å². The molecule has 0 saturated carbocycles. The van der Waals surface area contributed by atoms with Gasteiger partial charge in [0.2, 0.25) is 0 Å². The van der Waals surface area contributed by atoms with Crippen LogP contribution in [0.1, 0.15) is 26.7 Å². The van der Waals surface area contributed by atoms with Crippen LogP contribution >= 0.6 is 11.5 Å². The molecule has 0 bridgehead atoms. The second kappa shape index (κ2) is 6.87. The Morgan fingerprint density at radius 2 is 1.95 bits per heavy atom. The van der Waals surface area contributed by atoms with Crippen LogP contribution in [0.5, 0.6) is 0 Å². The van der Waals surface area contributed by atoms with Gasteiger partial charge in [-0.2, -0.15) is 4.37 Å². The number of rotatable bonds is 7. The molecule has 114 valence electrons. The van der Waals surface area contributed by atoms with Crippen molar-refractivity contribution in [2.45, 2.75) is 26.7 Å². The fourth-order valence-electron chi connectivity index (χ4n) is 2.27. The molecule has 2 aromatic heterocycles. The van der Waals surface area contributed by atoms with Gasteiger partial charge in [-0.15, -0.1) is 0 Å². The zero-order chi connectivity index (χ0) is 15.3. The summed E-state index contributed by atoms with van der Waals surface area (Å²) in [4.78, 5) is 4.03. The monoisotopic (exact) mass is 306 g/mol. The lowest BCUT2D eigenvalue weighted by Crippen LogP contribution is -2.32. The van der Waals surface area contributed by atoms with Gasteiger partial charge in [0.15, 0.2) is 0 Å². The first-order chi connectivity index (χ1) is 10.2. The number of nitrogen functional groups attached to an aromatic ring is 1. The largest absolute Gasteiger partial charge is 0.396 e. The van der Waals surface area contributed by atoms with E-state index < -0.39 is 0 Å². The molecule has 0 fully saturated rings. The van der Waals surface area contributed by atoms with Crippen molar-refractivity contribution >= 4 is 22.4 Å². The average molecular weight is 306 g/mol. The van der Waals surface area contributed by atoms with Crippen molar-refractivity contribution in [2.75, 3.05) is 24.2 Å². The normalized spacial score (nSPS) is 11.6. The molecule has 0 aliphatic heterocycles. The van der Waals surface area contributed by atoms with Gasteiger partial charge in [0.05, 0.1) is 12.2 Å². The Bertz CT molecular complexity index is 558. The number of aromatic nitrogens is 2. The molecule has 0 amide bonds. The molecule has 0 aliphatic carbocycles. The van der Waals surface area contributed by atoms with Gasteiger partial charge >= 0.3 is 0 Å². The summed E-state index contributed by atoms with van der Waals surface area (Å²) in [6.45, 7) is 5.08. The van der Waals surface area contributed by atoms with E-state index in [0.717, 1.165) is 29.0 Å². The Morgan fingerprint density at radius 1 is 1.29 bits per heavy atom. The summed E-state index contributed by atoms with van der Waals surface area (Å²) in [7, 11) is 0. The predicted octanol–water partition coefficient (Wildman–Crippen LogP) is 3.00. The van der Waals surface area contributed by atoms with Crippen LogP contribution in [0, 0.1) is 5.41 Å². The highest BCUT2D eigenvalue weighted by molar-refractivity contribution is 7.11. The minimum atomic E-state index is -0.103. The van der Waals surface area contributed by atoms with E-state index in [1.54, 1.807) is 12.4 Å². The number of nitrogens with one attached hydrogen (secondary N) is 1. The summed E-state index contributed by atoms with van der Waals surface area (Å²) in [5.41, 5.74) is 7.82. The molecule has 6 heteroatoms. The molecule has 0 aliphatic rings. The molecule has 4 N–H and O–H groups in total. The SMILES string of the molecule is CCC(CC)(CO)CNc1snc(N)c1-c1ccncc1. The van der Waals surface area contributed by atoms with Gasteiger partial charge in [0, 0.05) is 24.4 Å². The first kappa shape index (κ1) is 15.7. The van der Waals surface area contributed by atoms with Gasteiger partial charge in [-0.05, 0) is 42.1 Å². The van der Waals surface area contributed by atoms with E-state index in [0.29, 0.717) is 12.4 Å². The van der Waals surface area contributed by atoms with Crippen LogP contribution in [0.2, 0.25) is 0 Å². The van der Waals surface area contributed by atoms with Crippen LogP contribution in [-0.4, -0.2) is 27.6 Å². The van der Waals surface area contributed by atoms with Crippen LogP contribution < -0.4 is 11.1 Å². The third-order valence-corrected chi connectivity index (χ3v) is 4.97. The second-order valence-corrected chi connectivity index (χ2v) is 6.00. The van der Waals surface area contributed by atoms with Gasteiger partial charge in [-0.3, -0.25) is 4.98 Å². The van der Waals surface area contributed by atoms with Gasteiger partial charge in [0.1, 0.15) is 10.8 Å². The van der Waals surface area contributed by atoms with E-state index in [1.165, 1.54) is 11.5 Å². The molecule has 0 saturated heterocycles. The summed E-state index contributed by atoms with van der Waals surface area (Å²) >= 11 is 1.36. The minimum absolute atomic E-state index is 0.103. The zero-order valence-electron chi connectivity index (χ0n) is 12.5. The Balaban J connectivity index is 2.23. The van der Waals surface area contributed by atoms with Crippen molar-refractivity contribution in [1.82, 2.24) is 9.36 Å². The average Bonchev–Trinajstić information content (AvgIpc) is 2.91. The molecular weight excluding hydrogens is 284 g/mol. The molecule has 21 heavy (non-hydrogen) atoms. The maximum absolute atomic E-state index is 9.66. The van der Waals surface area contributed by atoms with E-state index in [-0.39, 0.29) is 12.0 Å². The van der Waals surface area contributed by atoms with E-state index in [4.69, 9.17) is 5.73 Å². The van der Waals surface area contributed by atoms with Gasteiger partial charge in [-0.25, -0.2) is 0 Å². The smallest absolute Gasteiger partial charge is 0.147 e. The lowest BCUT2D eigenvalue weighted by molar-refractivity contribution is 0.127. The van der Waals surface area contributed by atoms with Crippen LogP contribution in [0.25, 0.3) is 11.1 Å². The number of pyridine rings is 1. The van der Waals surface area contributed by atoms with E-state index in [2.05, 4.69) is 28.5 Å². The molecule has 0 radical (unpaired) electrons. The number of nitrogens with two attached hydrogens (primary N) is 1. The van der Waals surface area contributed by atoms with E-state index >= 15 is 0 Å². The lowest BCUT2D eigenvalue weighted by atomic mass is 9.83. The highest BCUT2D eigenvalue weighted by Crippen LogP contribution is 2.37. The number of anilines is 2. The molecule has 2 rings (SSSR count). The third kappa shape index (κ3) is 3.33. The van der Waals surface area contributed by atoms with Crippen LogP contribution in [0.15, 0.2) is 24.5 Å². The Morgan fingerprint density at radius 3 is 2.52 bits per heavy atom. The Hall–Kier alpha value is -1.66.